The number of carboxylic acid groups (broad SMARTS) is 1. The summed E-state index contributed by atoms with van der Waals surface area (Å²) in [7, 11) is 3.74. The molecule has 8 nitrogen and oxygen atoms in total. The minimum atomic E-state index is -1.32. The van der Waals surface area contributed by atoms with Gasteiger partial charge in [-0.1, -0.05) is 0 Å². The van der Waals surface area contributed by atoms with E-state index in [1.165, 1.54) is 0 Å². The molecule has 0 unspecified atom stereocenters. The molecule has 0 aromatic carbocycles. The van der Waals surface area contributed by atoms with E-state index in [9.17, 15) is 14.4 Å². The van der Waals surface area contributed by atoms with Crippen LogP contribution in [-0.2, 0) is 9.59 Å². The fraction of sp³-hybridized carbons (Fsp3) is 0.727. The molecule has 5 N–H and O–H groups in total. The zero-order valence-electron chi connectivity index (χ0n) is 11.7. The van der Waals surface area contributed by atoms with Gasteiger partial charge in [-0.15, -0.1) is 0 Å². The highest BCUT2D eigenvalue weighted by molar-refractivity contribution is 5.87. The molecular weight excluding hydrogens is 252 g/mol. The van der Waals surface area contributed by atoms with E-state index in [1.54, 1.807) is 0 Å². The van der Waals surface area contributed by atoms with Gasteiger partial charge < -0.3 is 26.4 Å². The van der Waals surface area contributed by atoms with Gasteiger partial charge in [0.25, 0.3) is 0 Å². The maximum absolute atomic E-state index is 11.6. The Morgan fingerprint density at radius 3 is 2.21 bits per heavy atom. The molecule has 0 saturated carbocycles. The highest BCUT2D eigenvalue weighted by atomic mass is 16.4. The number of urea groups is 1. The molecule has 8 heteroatoms. The van der Waals surface area contributed by atoms with Crippen molar-refractivity contribution in [2.45, 2.75) is 31.8 Å². The van der Waals surface area contributed by atoms with Crippen LogP contribution in [0, 0.1) is 0 Å². The van der Waals surface area contributed by atoms with Gasteiger partial charge in [-0.05, 0) is 27.9 Å². The van der Waals surface area contributed by atoms with E-state index in [0.29, 0.717) is 6.54 Å². The Labute approximate surface area is 112 Å². The molecule has 0 fully saturated rings. The Morgan fingerprint density at radius 1 is 1.32 bits per heavy atom. The first-order valence-electron chi connectivity index (χ1n) is 5.79. The molecule has 0 aromatic heterocycles. The van der Waals surface area contributed by atoms with E-state index in [4.69, 9.17) is 10.8 Å². The normalized spacial score (nSPS) is 12.9. The van der Waals surface area contributed by atoms with E-state index in [-0.39, 0.29) is 5.54 Å². The van der Waals surface area contributed by atoms with Crippen LogP contribution in [0.15, 0.2) is 0 Å². The lowest BCUT2D eigenvalue weighted by Crippen LogP contribution is -2.53. The number of rotatable bonds is 7. The summed E-state index contributed by atoms with van der Waals surface area (Å²) in [6.07, 6.45) is -0.445. The van der Waals surface area contributed by atoms with Gasteiger partial charge in [-0.2, -0.15) is 0 Å². The van der Waals surface area contributed by atoms with Crippen molar-refractivity contribution in [3.63, 3.8) is 0 Å². The third-order valence-electron chi connectivity index (χ3n) is 2.90. The zero-order valence-corrected chi connectivity index (χ0v) is 11.7. The predicted molar refractivity (Wildman–Crippen MR) is 69.5 cm³/mol. The van der Waals surface area contributed by atoms with Gasteiger partial charge in [0.2, 0.25) is 5.91 Å². The van der Waals surface area contributed by atoms with E-state index < -0.39 is 30.4 Å². The van der Waals surface area contributed by atoms with Crippen LogP contribution in [0.3, 0.4) is 0 Å². The average molecular weight is 274 g/mol. The summed E-state index contributed by atoms with van der Waals surface area (Å²) >= 11 is 0. The quantitative estimate of drug-likeness (QED) is 0.471. The van der Waals surface area contributed by atoms with Crippen LogP contribution >= 0.6 is 0 Å². The second-order valence-corrected chi connectivity index (χ2v) is 5.10. The first-order chi connectivity index (χ1) is 8.56. The molecule has 0 heterocycles. The van der Waals surface area contributed by atoms with E-state index in [0.717, 1.165) is 0 Å². The highest BCUT2D eigenvalue weighted by Gasteiger charge is 2.24. The number of hydrogen-bond acceptors (Lipinski definition) is 4. The minimum absolute atomic E-state index is 0.278. The molecule has 19 heavy (non-hydrogen) atoms. The maximum Gasteiger partial charge on any atom is 0.326 e. The Balaban J connectivity index is 4.36. The maximum atomic E-state index is 11.6. The molecule has 0 saturated heterocycles. The molecule has 0 aliphatic heterocycles. The van der Waals surface area contributed by atoms with Crippen molar-refractivity contribution in [2.24, 2.45) is 5.73 Å². The molecule has 0 spiro atoms. The zero-order chi connectivity index (χ0) is 15.2. The monoisotopic (exact) mass is 274 g/mol. The molecule has 0 aliphatic rings. The van der Waals surface area contributed by atoms with Gasteiger partial charge in [0.1, 0.15) is 6.04 Å². The Hall–Kier alpha value is -1.83. The number of carboxylic acids is 1. The Kier molecular flexibility index (Phi) is 6.26. The molecule has 0 bridgehead atoms. The van der Waals surface area contributed by atoms with Crippen LogP contribution in [0.2, 0.25) is 0 Å². The molecule has 0 aliphatic carbocycles. The van der Waals surface area contributed by atoms with Gasteiger partial charge in [0.15, 0.2) is 0 Å². The fourth-order valence-corrected chi connectivity index (χ4v) is 1.07. The number of carbonyl (C=O) groups excluding carboxylic acids is 2. The van der Waals surface area contributed by atoms with E-state index >= 15 is 0 Å². The minimum Gasteiger partial charge on any atom is -0.480 e. The van der Waals surface area contributed by atoms with Crippen LogP contribution < -0.4 is 16.4 Å². The Morgan fingerprint density at radius 2 is 1.84 bits per heavy atom. The van der Waals surface area contributed by atoms with Crippen LogP contribution in [0.5, 0.6) is 0 Å². The average Bonchev–Trinajstić information content (AvgIpc) is 2.24. The first-order valence-corrected chi connectivity index (χ1v) is 5.79. The molecule has 1 atom stereocenters. The molecule has 3 amide bonds. The summed E-state index contributed by atoms with van der Waals surface area (Å²) in [4.78, 5) is 35.0. The van der Waals surface area contributed by atoms with Crippen LogP contribution in [0.25, 0.3) is 0 Å². The predicted octanol–water partition coefficient (Wildman–Crippen LogP) is -1.05. The van der Waals surface area contributed by atoms with Crippen molar-refractivity contribution in [3.05, 3.63) is 0 Å². The highest BCUT2D eigenvalue weighted by Crippen LogP contribution is 2.07. The number of nitrogens with zero attached hydrogens (tertiary/aromatic N) is 1. The van der Waals surface area contributed by atoms with Crippen LogP contribution in [0.4, 0.5) is 4.79 Å². The number of aliphatic carboxylic acids is 1. The topological polar surface area (TPSA) is 125 Å². The van der Waals surface area contributed by atoms with Crippen molar-refractivity contribution < 1.29 is 19.5 Å². The second kappa shape index (κ2) is 6.93. The van der Waals surface area contributed by atoms with Crippen molar-refractivity contribution in [1.82, 2.24) is 15.5 Å². The smallest absolute Gasteiger partial charge is 0.326 e. The summed E-state index contributed by atoms with van der Waals surface area (Å²) < 4.78 is 0. The summed E-state index contributed by atoms with van der Waals surface area (Å²) in [6, 6.07) is -1.97. The number of amides is 3. The van der Waals surface area contributed by atoms with E-state index in [2.05, 4.69) is 10.6 Å². The van der Waals surface area contributed by atoms with Crippen molar-refractivity contribution in [3.8, 4) is 0 Å². The lowest BCUT2D eigenvalue weighted by Gasteiger charge is -2.32. The molecule has 0 aromatic rings. The third kappa shape index (κ3) is 6.61. The van der Waals surface area contributed by atoms with Gasteiger partial charge in [-0.25, -0.2) is 9.59 Å². The number of nitrogens with two attached hydrogens (primary N) is 1. The van der Waals surface area contributed by atoms with Crippen LogP contribution in [0.1, 0.15) is 20.3 Å². The molecule has 0 radical (unpaired) electrons. The lowest BCUT2D eigenvalue weighted by molar-refractivity contribution is -0.140. The number of likely N-dealkylation sites (N-methyl/N-ethyl adjacent to an activating group) is 1. The van der Waals surface area contributed by atoms with Gasteiger partial charge in [0.05, 0.1) is 6.42 Å². The Bertz CT molecular complexity index is 355. The summed E-state index contributed by atoms with van der Waals surface area (Å²) in [5.41, 5.74) is 4.63. The summed E-state index contributed by atoms with van der Waals surface area (Å²) in [5, 5.41) is 13.6. The largest absolute Gasteiger partial charge is 0.480 e. The number of nitrogens with one attached hydrogen (secondary N) is 2. The van der Waals surface area contributed by atoms with Crippen molar-refractivity contribution in [2.75, 3.05) is 20.6 Å². The number of carbonyl (C=O) groups is 3. The SMILES string of the molecule is CN(C)C(C)(C)CNC(=O)N[C@@H](CC(N)=O)C(=O)O. The molecular formula is C11H22N4O4. The standard InChI is InChI=1S/C11H22N4O4/c1-11(2,15(3)4)6-13-10(19)14-7(9(17)18)5-8(12)16/h7H,5-6H2,1-4H3,(H2,12,16)(H,17,18)(H2,13,14,19)/t7-/m0/s1. The third-order valence-corrected chi connectivity index (χ3v) is 2.90. The molecule has 110 valence electrons. The summed E-state index contributed by atoms with van der Waals surface area (Å²) in [5.74, 6) is -2.10. The van der Waals surface area contributed by atoms with Crippen molar-refractivity contribution in [1.29, 1.82) is 0 Å². The van der Waals surface area contributed by atoms with Crippen LogP contribution in [-0.4, -0.2) is 60.1 Å². The fourth-order valence-electron chi connectivity index (χ4n) is 1.07. The molecule has 0 rings (SSSR count). The number of hydrogen-bond donors (Lipinski definition) is 4. The van der Waals surface area contributed by atoms with E-state index in [1.807, 2.05) is 32.8 Å². The second-order valence-electron chi connectivity index (χ2n) is 5.10. The first kappa shape index (κ1) is 17.2. The van der Waals surface area contributed by atoms with Gasteiger partial charge >= 0.3 is 12.0 Å². The van der Waals surface area contributed by atoms with Crippen molar-refractivity contribution >= 4 is 17.9 Å². The number of primary amides is 1. The van der Waals surface area contributed by atoms with Gasteiger partial charge in [0, 0.05) is 12.1 Å². The lowest BCUT2D eigenvalue weighted by atomic mass is 10.0. The summed E-state index contributed by atoms with van der Waals surface area (Å²) in [6.45, 7) is 4.17. The van der Waals surface area contributed by atoms with Gasteiger partial charge in [-0.3, -0.25) is 4.79 Å².